The smallest absolute Gasteiger partial charge is 0.191 e. The zero-order valence-corrected chi connectivity index (χ0v) is 15.5. The average molecular weight is 348 g/mol. The number of carbonyl (C=O) groups excluding carboxylic acids is 1. The highest BCUT2D eigenvalue weighted by molar-refractivity contribution is 7.99. The van der Waals surface area contributed by atoms with Crippen molar-refractivity contribution >= 4 is 17.5 Å². The van der Waals surface area contributed by atoms with Crippen LogP contribution in [0.5, 0.6) is 0 Å². The predicted octanol–water partition coefficient (Wildman–Crippen LogP) is 3.21. The van der Waals surface area contributed by atoms with Crippen molar-refractivity contribution in [1.82, 2.24) is 19.3 Å². The van der Waals surface area contributed by atoms with Gasteiger partial charge < -0.3 is 13.9 Å². The number of ketones is 1. The zero-order chi connectivity index (χ0) is 17.3. The second-order valence-electron chi connectivity index (χ2n) is 6.42. The van der Waals surface area contributed by atoms with Crippen molar-refractivity contribution in [1.29, 1.82) is 0 Å². The third-order valence-corrected chi connectivity index (χ3v) is 5.40. The second kappa shape index (κ2) is 7.11. The fourth-order valence-electron chi connectivity index (χ4n) is 3.20. The van der Waals surface area contributed by atoms with Crippen LogP contribution in [0.4, 0.5) is 0 Å². The summed E-state index contributed by atoms with van der Waals surface area (Å²) in [5.41, 5.74) is 2.89. The monoisotopic (exact) mass is 348 g/mol. The van der Waals surface area contributed by atoms with Crippen LogP contribution >= 0.6 is 11.8 Å². The van der Waals surface area contributed by atoms with Crippen molar-refractivity contribution in [2.45, 2.75) is 50.9 Å². The Hall–Kier alpha value is -1.60. The Balaban J connectivity index is 1.71. The van der Waals surface area contributed by atoms with Gasteiger partial charge in [-0.3, -0.25) is 4.79 Å². The molecule has 7 heteroatoms. The summed E-state index contributed by atoms with van der Waals surface area (Å²) in [6.45, 7) is 6.77. The third-order valence-electron chi connectivity index (χ3n) is 4.45. The summed E-state index contributed by atoms with van der Waals surface area (Å²) < 4.78 is 9.51. The van der Waals surface area contributed by atoms with Gasteiger partial charge >= 0.3 is 0 Å². The highest BCUT2D eigenvalue weighted by Gasteiger charge is 2.27. The van der Waals surface area contributed by atoms with Crippen LogP contribution in [0.1, 0.15) is 53.6 Å². The molecule has 2 aromatic rings. The number of aromatic nitrogens is 4. The number of methoxy groups -OCH3 is 1. The van der Waals surface area contributed by atoms with Gasteiger partial charge in [0.2, 0.25) is 0 Å². The molecule has 0 amide bonds. The van der Waals surface area contributed by atoms with Crippen LogP contribution in [0.2, 0.25) is 0 Å². The van der Waals surface area contributed by atoms with Gasteiger partial charge in [0.25, 0.3) is 0 Å². The second-order valence-corrected chi connectivity index (χ2v) is 7.37. The molecule has 1 aliphatic rings. The summed E-state index contributed by atoms with van der Waals surface area (Å²) in [5.74, 6) is 0.517. The van der Waals surface area contributed by atoms with Crippen molar-refractivity contribution in [2.75, 3.05) is 19.5 Å². The van der Waals surface area contributed by atoms with E-state index >= 15 is 0 Å². The fraction of sp³-hybridized carbons (Fsp3) is 0.588. The topological polar surface area (TPSA) is 61.9 Å². The van der Waals surface area contributed by atoms with E-state index in [2.05, 4.69) is 26.3 Å². The summed E-state index contributed by atoms with van der Waals surface area (Å²) in [6, 6.07) is 2.72. The summed E-state index contributed by atoms with van der Waals surface area (Å²) in [7, 11) is 1.70. The highest BCUT2D eigenvalue weighted by Crippen LogP contribution is 2.37. The minimum Gasteiger partial charge on any atom is -0.383 e. The van der Waals surface area contributed by atoms with Crippen molar-refractivity contribution in [3.05, 3.63) is 29.3 Å². The lowest BCUT2D eigenvalue weighted by atomic mass is 10.2. The van der Waals surface area contributed by atoms with Gasteiger partial charge in [-0.1, -0.05) is 11.8 Å². The van der Waals surface area contributed by atoms with E-state index in [0.29, 0.717) is 18.4 Å². The quantitative estimate of drug-likeness (QED) is 0.541. The number of hydrogen-bond acceptors (Lipinski definition) is 5. The summed E-state index contributed by atoms with van der Waals surface area (Å²) in [4.78, 5) is 12.7. The Kier molecular flexibility index (Phi) is 5.10. The molecule has 0 N–H and O–H groups in total. The number of carbonyl (C=O) groups is 1. The summed E-state index contributed by atoms with van der Waals surface area (Å²) in [6.07, 6.45) is 4.12. The van der Waals surface area contributed by atoms with Gasteiger partial charge in [-0.15, -0.1) is 10.2 Å². The molecule has 0 radical (unpaired) electrons. The molecule has 0 aliphatic heterocycles. The Morgan fingerprint density at radius 3 is 2.88 bits per heavy atom. The number of rotatable bonds is 8. The lowest BCUT2D eigenvalue weighted by molar-refractivity contribution is 0.102. The molecule has 1 atom stereocenters. The molecule has 24 heavy (non-hydrogen) atoms. The molecule has 2 aromatic heterocycles. The van der Waals surface area contributed by atoms with Crippen LogP contribution < -0.4 is 0 Å². The van der Waals surface area contributed by atoms with E-state index < -0.39 is 0 Å². The molecular formula is C17H24N4O2S. The first-order chi connectivity index (χ1) is 11.5. The summed E-state index contributed by atoms with van der Waals surface area (Å²) >= 11 is 1.47. The zero-order valence-electron chi connectivity index (χ0n) is 14.7. The first kappa shape index (κ1) is 17.2. The molecular weight excluding hydrogens is 324 g/mol. The van der Waals surface area contributed by atoms with Crippen molar-refractivity contribution < 1.29 is 9.53 Å². The van der Waals surface area contributed by atoms with E-state index in [4.69, 9.17) is 4.74 Å². The first-order valence-electron chi connectivity index (χ1n) is 8.25. The molecule has 6 nitrogen and oxygen atoms in total. The maximum Gasteiger partial charge on any atom is 0.191 e. The van der Waals surface area contributed by atoms with Crippen LogP contribution in [0.25, 0.3) is 0 Å². The van der Waals surface area contributed by atoms with Crippen molar-refractivity contribution in [3.63, 3.8) is 0 Å². The number of hydrogen-bond donors (Lipinski definition) is 0. The number of thioether (sulfide) groups is 1. The van der Waals surface area contributed by atoms with Gasteiger partial charge in [-0.25, -0.2) is 0 Å². The Morgan fingerprint density at radius 1 is 1.46 bits per heavy atom. The van der Waals surface area contributed by atoms with E-state index in [1.165, 1.54) is 24.6 Å². The van der Waals surface area contributed by atoms with Gasteiger partial charge in [0.1, 0.15) is 6.33 Å². The molecule has 0 saturated heterocycles. The Bertz CT molecular complexity index is 733. The Morgan fingerprint density at radius 2 is 2.21 bits per heavy atom. The van der Waals surface area contributed by atoms with Gasteiger partial charge in [0.15, 0.2) is 10.9 Å². The van der Waals surface area contributed by atoms with Gasteiger partial charge in [0.05, 0.1) is 18.4 Å². The molecule has 0 bridgehead atoms. The van der Waals surface area contributed by atoms with E-state index in [-0.39, 0.29) is 11.8 Å². The maximum absolute atomic E-state index is 12.7. The number of aryl methyl sites for hydroxylation is 1. The van der Waals surface area contributed by atoms with Crippen LogP contribution in [0, 0.1) is 13.8 Å². The first-order valence-corrected chi connectivity index (χ1v) is 9.24. The average Bonchev–Trinajstić information content (AvgIpc) is 3.20. The molecule has 0 aromatic carbocycles. The number of Topliss-reactive ketones (excluding diaryl/α,β-unsaturated/α-hetero) is 1. The van der Waals surface area contributed by atoms with E-state index in [0.717, 1.165) is 22.1 Å². The summed E-state index contributed by atoms with van der Waals surface area (Å²) in [5, 5.41) is 8.96. The van der Waals surface area contributed by atoms with Crippen LogP contribution in [0.15, 0.2) is 17.6 Å². The normalized spacial score (nSPS) is 15.7. The van der Waals surface area contributed by atoms with Crippen molar-refractivity contribution in [3.8, 4) is 0 Å². The minimum absolute atomic E-state index is 0.134. The van der Waals surface area contributed by atoms with Crippen molar-refractivity contribution in [2.24, 2.45) is 0 Å². The predicted molar refractivity (Wildman–Crippen MR) is 93.8 cm³/mol. The lowest BCUT2D eigenvalue weighted by Gasteiger charge is -2.17. The van der Waals surface area contributed by atoms with Crippen LogP contribution in [0.3, 0.4) is 0 Å². The molecule has 130 valence electrons. The van der Waals surface area contributed by atoms with Gasteiger partial charge in [0, 0.05) is 30.1 Å². The molecule has 1 unspecified atom stereocenters. The largest absolute Gasteiger partial charge is 0.383 e. The molecule has 1 saturated carbocycles. The Labute approximate surface area is 146 Å². The van der Waals surface area contributed by atoms with Crippen LogP contribution in [-0.4, -0.2) is 44.6 Å². The SMILES string of the molecule is COCC(C)n1c(C)cc(C(=O)CSc2nncn2C2CC2)c1C. The van der Waals surface area contributed by atoms with E-state index in [1.54, 1.807) is 13.4 Å². The van der Waals surface area contributed by atoms with Crippen LogP contribution in [-0.2, 0) is 4.74 Å². The standard InChI is InChI=1S/C17H24N4O2S/c1-11-7-15(13(3)21(11)12(2)8-23-4)16(22)9-24-17-19-18-10-20(17)14-5-6-14/h7,10,12,14H,5-6,8-9H2,1-4H3. The molecule has 1 aliphatic carbocycles. The molecule has 0 spiro atoms. The number of ether oxygens (including phenoxy) is 1. The third kappa shape index (κ3) is 3.42. The van der Waals surface area contributed by atoms with E-state index in [1.807, 2.05) is 19.9 Å². The van der Waals surface area contributed by atoms with Gasteiger partial charge in [-0.05, 0) is 39.7 Å². The molecule has 2 heterocycles. The lowest BCUT2D eigenvalue weighted by Crippen LogP contribution is -2.14. The maximum atomic E-state index is 12.7. The van der Waals surface area contributed by atoms with Gasteiger partial charge in [-0.2, -0.15) is 0 Å². The minimum atomic E-state index is 0.134. The number of nitrogens with zero attached hydrogens (tertiary/aromatic N) is 4. The molecule has 1 fully saturated rings. The van der Waals surface area contributed by atoms with E-state index in [9.17, 15) is 4.79 Å². The highest BCUT2D eigenvalue weighted by atomic mass is 32.2. The molecule has 3 rings (SSSR count). The fourth-order valence-corrected chi connectivity index (χ4v) is 4.07.